The molecule has 0 radical (unpaired) electrons. The third-order valence-corrected chi connectivity index (χ3v) is 3.52. The molecule has 1 atom stereocenters. The molecule has 3 aromatic rings. The molecule has 0 saturated carbocycles. The van der Waals surface area contributed by atoms with E-state index in [4.69, 9.17) is 4.42 Å². The van der Waals surface area contributed by atoms with Crippen molar-refractivity contribution in [2.75, 3.05) is 0 Å². The Balaban J connectivity index is 1.84. The fourth-order valence-corrected chi connectivity index (χ4v) is 2.45. The molecule has 2 aromatic heterocycles. The molecule has 102 valence electrons. The lowest BCUT2D eigenvalue weighted by molar-refractivity contribution is 0.451. The summed E-state index contributed by atoms with van der Waals surface area (Å²) in [5, 5.41) is 0. The molecule has 1 N–H and O–H groups in total. The fraction of sp³-hybridized carbons (Fsp3) is 0.235. The molecule has 1 unspecified atom stereocenters. The molecule has 3 heteroatoms. The SMILES string of the molecule is Cc1ccc(C(C)Cc2[nH]cnc2-c2ccccc2)o1. The van der Waals surface area contributed by atoms with E-state index in [1.165, 1.54) is 0 Å². The number of furan rings is 1. The van der Waals surface area contributed by atoms with Crippen LogP contribution in [-0.2, 0) is 6.42 Å². The van der Waals surface area contributed by atoms with Crippen LogP contribution in [0.4, 0.5) is 0 Å². The van der Waals surface area contributed by atoms with Gasteiger partial charge >= 0.3 is 0 Å². The Morgan fingerprint density at radius 3 is 2.65 bits per heavy atom. The molecule has 0 fully saturated rings. The maximum atomic E-state index is 5.71. The number of aryl methyl sites for hydroxylation is 1. The monoisotopic (exact) mass is 266 g/mol. The van der Waals surface area contributed by atoms with E-state index in [2.05, 4.69) is 35.1 Å². The number of imidazole rings is 1. The molecule has 2 heterocycles. The van der Waals surface area contributed by atoms with Gasteiger partial charge in [0.2, 0.25) is 0 Å². The minimum absolute atomic E-state index is 0.326. The lowest BCUT2D eigenvalue weighted by Crippen LogP contribution is -1.99. The third kappa shape index (κ3) is 2.52. The van der Waals surface area contributed by atoms with Gasteiger partial charge in [-0.25, -0.2) is 4.98 Å². The number of nitrogens with one attached hydrogen (secondary N) is 1. The molecule has 1 aromatic carbocycles. The van der Waals surface area contributed by atoms with E-state index in [1.807, 2.05) is 31.2 Å². The average Bonchev–Trinajstić information content (AvgIpc) is 3.09. The minimum Gasteiger partial charge on any atom is -0.466 e. The molecule has 3 rings (SSSR count). The van der Waals surface area contributed by atoms with Crippen LogP contribution in [0, 0.1) is 6.92 Å². The van der Waals surface area contributed by atoms with E-state index < -0.39 is 0 Å². The van der Waals surface area contributed by atoms with E-state index in [0.717, 1.165) is 34.9 Å². The quantitative estimate of drug-likeness (QED) is 0.764. The highest BCUT2D eigenvalue weighted by Gasteiger charge is 2.15. The minimum atomic E-state index is 0.326. The van der Waals surface area contributed by atoms with Crippen molar-refractivity contribution in [2.24, 2.45) is 0 Å². The van der Waals surface area contributed by atoms with Crippen LogP contribution in [0.1, 0.15) is 30.1 Å². The van der Waals surface area contributed by atoms with Crippen LogP contribution in [0.5, 0.6) is 0 Å². The normalized spacial score (nSPS) is 12.5. The number of hydrogen-bond acceptors (Lipinski definition) is 2. The zero-order chi connectivity index (χ0) is 13.9. The fourth-order valence-electron chi connectivity index (χ4n) is 2.45. The smallest absolute Gasteiger partial charge is 0.107 e. The summed E-state index contributed by atoms with van der Waals surface area (Å²) >= 11 is 0. The van der Waals surface area contributed by atoms with Gasteiger partial charge in [0.15, 0.2) is 0 Å². The van der Waals surface area contributed by atoms with Gasteiger partial charge in [0.1, 0.15) is 11.5 Å². The Labute approximate surface area is 118 Å². The van der Waals surface area contributed by atoms with Gasteiger partial charge in [-0.1, -0.05) is 37.3 Å². The van der Waals surface area contributed by atoms with Gasteiger partial charge in [-0.2, -0.15) is 0 Å². The molecule has 0 bridgehead atoms. The molecule has 3 nitrogen and oxygen atoms in total. The number of H-pyrrole nitrogens is 1. The Bertz CT molecular complexity index is 682. The summed E-state index contributed by atoms with van der Waals surface area (Å²) in [5.74, 6) is 2.31. The number of aromatic nitrogens is 2. The molecule has 20 heavy (non-hydrogen) atoms. The van der Waals surface area contributed by atoms with Gasteiger partial charge in [-0.3, -0.25) is 0 Å². The average molecular weight is 266 g/mol. The van der Waals surface area contributed by atoms with Crippen molar-refractivity contribution in [3.8, 4) is 11.3 Å². The molecule has 0 saturated heterocycles. The standard InChI is InChI=1S/C17H18N2O/c1-12(16-9-8-13(2)20-16)10-15-17(19-11-18-15)14-6-4-3-5-7-14/h3-9,11-12H,10H2,1-2H3,(H,18,19). The van der Waals surface area contributed by atoms with Gasteiger partial charge < -0.3 is 9.40 Å². The van der Waals surface area contributed by atoms with Crippen molar-refractivity contribution in [2.45, 2.75) is 26.2 Å². The molecular formula is C17H18N2O. The van der Waals surface area contributed by atoms with E-state index in [1.54, 1.807) is 6.33 Å². The highest BCUT2D eigenvalue weighted by molar-refractivity contribution is 5.61. The molecule has 0 aliphatic carbocycles. The summed E-state index contributed by atoms with van der Waals surface area (Å²) in [7, 11) is 0. The Morgan fingerprint density at radius 1 is 1.15 bits per heavy atom. The van der Waals surface area contributed by atoms with E-state index in [9.17, 15) is 0 Å². The second-order valence-electron chi connectivity index (χ2n) is 5.15. The maximum Gasteiger partial charge on any atom is 0.107 e. The Kier molecular flexibility index (Phi) is 3.42. The van der Waals surface area contributed by atoms with Crippen molar-refractivity contribution in [1.82, 2.24) is 9.97 Å². The van der Waals surface area contributed by atoms with Crippen molar-refractivity contribution in [3.05, 3.63) is 66.0 Å². The van der Waals surface area contributed by atoms with Gasteiger partial charge in [-0.15, -0.1) is 0 Å². The summed E-state index contributed by atoms with van der Waals surface area (Å²) in [6.07, 6.45) is 2.65. The zero-order valence-corrected chi connectivity index (χ0v) is 11.8. The lowest BCUT2D eigenvalue weighted by Gasteiger charge is -2.09. The van der Waals surface area contributed by atoms with Crippen LogP contribution in [0.25, 0.3) is 11.3 Å². The summed E-state index contributed by atoms with van der Waals surface area (Å²) in [6.45, 7) is 4.15. The lowest BCUT2D eigenvalue weighted by atomic mass is 9.99. The van der Waals surface area contributed by atoms with Crippen molar-refractivity contribution in [1.29, 1.82) is 0 Å². The molecule has 0 spiro atoms. The molecular weight excluding hydrogens is 248 g/mol. The summed E-state index contributed by atoms with van der Waals surface area (Å²) in [4.78, 5) is 7.71. The van der Waals surface area contributed by atoms with Gasteiger partial charge in [0, 0.05) is 17.2 Å². The van der Waals surface area contributed by atoms with Crippen LogP contribution in [-0.4, -0.2) is 9.97 Å². The maximum absolute atomic E-state index is 5.71. The second-order valence-corrected chi connectivity index (χ2v) is 5.15. The summed E-state index contributed by atoms with van der Waals surface area (Å²) < 4.78 is 5.71. The van der Waals surface area contributed by atoms with Crippen LogP contribution in [0.15, 0.2) is 53.2 Å². The Hall–Kier alpha value is -2.29. The first-order chi connectivity index (χ1) is 9.74. The number of nitrogens with zero attached hydrogens (tertiary/aromatic N) is 1. The van der Waals surface area contributed by atoms with E-state index in [0.29, 0.717) is 5.92 Å². The first kappa shape index (κ1) is 12.7. The van der Waals surface area contributed by atoms with Crippen molar-refractivity contribution >= 4 is 0 Å². The van der Waals surface area contributed by atoms with Crippen molar-refractivity contribution in [3.63, 3.8) is 0 Å². The third-order valence-electron chi connectivity index (χ3n) is 3.52. The predicted octanol–water partition coefficient (Wildman–Crippen LogP) is 4.32. The molecule has 0 aliphatic heterocycles. The first-order valence-electron chi connectivity index (χ1n) is 6.88. The van der Waals surface area contributed by atoms with Gasteiger partial charge in [0.05, 0.1) is 12.0 Å². The number of aromatic amines is 1. The van der Waals surface area contributed by atoms with Crippen LogP contribution in [0.3, 0.4) is 0 Å². The van der Waals surface area contributed by atoms with Crippen LogP contribution in [0.2, 0.25) is 0 Å². The van der Waals surface area contributed by atoms with Crippen molar-refractivity contribution < 1.29 is 4.42 Å². The van der Waals surface area contributed by atoms with Crippen LogP contribution >= 0.6 is 0 Å². The number of hydrogen-bond donors (Lipinski definition) is 1. The van der Waals surface area contributed by atoms with E-state index in [-0.39, 0.29) is 0 Å². The topological polar surface area (TPSA) is 41.8 Å². The van der Waals surface area contributed by atoms with E-state index >= 15 is 0 Å². The van der Waals surface area contributed by atoms with Gasteiger partial charge in [-0.05, 0) is 25.5 Å². The highest BCUT2D eigenvalue weighted by atomic mass is 16.3. The zero-order valence-electron chi connectivity index (χ0n) is 11.8. The number of rotatable bonds is 4. The van der Waals surface area contributed by atoms with Gasteiger partial charge in [0.25, 0.3) is 0 Å². The highest BCUT2D eigenvalue weighted by Crippen LogP contribution is 2.26. The molecule has 0 amide bonds. The number of benzene rings is 1. The Morgan fingerprint density at radius 2 is 1.95 bits per heavy atom. The predicted molar refractivity (Wildman–Crippen MR) is 79.6 cm³/mol. The van der Waals surface area contributed by atoms with Crippen LogP contribution < -0.4 is 0 Å². The largest absolute Gasteiger partial charge is 0.466 e. The summed E-state index contributed by atoms with van der Waals surface area (Å²) in [6, 6.07) is 14.3. The first-order valence-corrected chi connectivity index (χ1v) is 6.88. The molecule has 0 aliphatic rings. The second kappa shape index (κ2) is 5.37. The summed E-state index contributed by atoms with van der Waals surface area (Å²) in [5.41, 5.74) is 3.32.